The van der Waals surface area contributed by atoms with Crippen molar-refractivity contribution in [3.05, 3.63) is 66.0 Å². The molecule has 0 saturated carbocycles. The van der Waals surface area contributed by atoms with Crippen molar-refractivity contribution in [1.29, 1.82) is 0 Å². The first-order chi connectivity index (χ1) is 14.1. The summed E-state index contributed by atoms with van der Waals surface area (Å²) < 4.78 is 25.3. The minimum Gasteiger partial charge on any atom is -0.355 e. The van der Waals surface area contributed by atoms with Crippen molar-refractivity contribution in [2.45, 2.75) is 30.3 Å². The number of piperidine rings is 1. The van der Waals surface area contributed by atoms with Crippen LogP contribution in [0.5, 0.6) is 0 Å². The zero-order valence-corrected chi connectivity index (χ0v) is 17.6. The second-order valence-corrected chi connectivity index (χ2v) is 8.75. The summed E-state index contributed by atoms with van der Waals surface area (Å²) in [6.45, 7) is 3.43. The molecule has 1 unspecified atom stereocenters. The van der Waals surface area contributed by atoms with Gasteiger partial charge < -0.3 is 10.6 Å². The molecule has 1 heterocycles. The fourth-order valence-electron chi connectivity index (χ4n) is 3.42. The van der Waals surface area contributed by atoms with E-state index in [1.807, 2.05) is 42.5 Å². The van der Waals surface area contributed by atoms with Crippen LogP contribution in [-0.4, -0.2) is 53.5 Å². The Kier molecular flexibility index (Phi) is 8.19. The summed E-state index contributed by atoms with van der Waals surface area (Å²) in [6.07, 6.45) is 2.05. The highest BCUT2D eigenvalue weighted by Crippen LogP contribution is 2.14. The minimum atomic E-state index is -1.01. The summed E-state index contributed by atoms with van der Waals surface area (Å²) in [4.78, 5) is 7.54. The summed E-state index contributed by atoms with van der Waals surface area (Å²) in [5.74, 6) is 1.11. The molecule has 0 aromatic heterocycles. The van der Waals surface area contributed by atoms with Gasteiger partial charge in [0.15, 0.2) is 5.96 Å². The molecule has 0 spiro atoms. The first kappa shape index (κ1) is 21.5. The van der Waals surface area contributed by atoms with Crippen molar-refractivity contribution in [3.63, 3.8) is 0 Å². The smallest absolute Gasteiger partial charge is 0.191 e. The van der Waals surface area contributed by atoms with Crippen LogP contribution in [0.4, 0.5) is 4.39 Å². The summed E-state index contributed by atoms with van der Waals surface area (Å²) >= 11 is 0. The number of likely N-dealkylation sites (tertiary alicyclic amines) is 1. The highest BCUT2D eigenvalue weighted by molar-refractivity contribution is 7.85. The normalized spacial score (nSPS) is 17.1. The van der Waals surface area contributed by atoms with Gasteiger partial charge in [0, 0.05) is 49.9 Å². The summed E-state index contributed by atoms with van der Waals surface area (Å²) in [7, 11) is 0.747. The van der Waals surface area contributed by atoms with Crippen LogP contribution in [0.2, 0.25) is 0 Å². The van der Waals surface area contributed by atoms with Crippen molar-refractivity contribution < 1.29 is 8.60 Å². The van der Waals surface area contributed by atoms with Gasteiger partial charge in [0.25, 0.3) is 0 Å². The molecule has 0 bridgehead atoms. The summed E-state index contributed by atoms with van der Waals surface area (Å²) in [5, 5.41) is 6.75. The third kappa shape index (κ3) is 6.94. The van der Waals surface area contributed by atoms with Crippen LogP contribution < -0.4 is 10.6 Å². The molecular formula is C22H29FN4OS. The number of benzene rings is 2. The Morgan fingerprint density at radius 3 is 2.48 bits per heavy atom. The number of hydrogen-bond donors (Lipinski definition) is 2. The molecule has 156 valence electrons. The largest absolute Gasteiger partial charge is 0.355 e. The van der Waals surface area contributed by atoms with Gasteiger partial charge in [0.05, 0.1) is 10.8 Å². The maximum absolute atomic E-state index is 13.0. The Bertz CT molecular complexity index is 805. The Balaban J connectivity index is 1.37. The van der Waals surface area contributed by atoms with Crippen LogP contribution >= 0.6 is 0 Å². The molecular weight excluding hydrogens is 387 g/mol. The maximum atomic E-state index is 13.0. The Hall–Kier alpha value is -2.25. The number of aliphatic imine (C=N–C) groups is 1. The second-order valence-electron chi connectivity index (χ2n) is 7.18. The van der Waals surface area contributed by atoms with Crippen LogP contribution in [0.15, 0.2) is 64.5 Å². The lowest BCUT2D eigenvalue weighted by atomic mass is 10.0. The average Bonchev–Trinajstić information content (AvgIpc) is 2.76. The van der Waals surface area contributed by atoms with Gasteiger partial charge in [-0.05, 0) is 42.7 Å². The number of halogens is 1. The van der Waals surface area contributed by atoms with Crippen LogP contribution in [0.3, 0.4) is 0 Å². The van der Waals surface area contributed by atoms with Crippen LogP contribution in [-0.2, 0) is 17.3 Å². The van der Waals surface area contributed by atoms with E-state index in [1.54, 1.807) is 7.05 Å². The number of nitrogens with zero attached hydrogens (tertiary/aromatic N) is 2. The summed E-state index contributed by atoms with van der Waals surface area (Å²) in [6, 6.07) is 16.6. The predicted molar refractivity (Wildman–Crippen MR) is 117 cm³/mol. The molecule has 2 N–H and O–H groups in total. The van der Waals surface area contributed by atoms with Crippen molar-refractivity contribution in [2.75, 3.05) is 32.4 Å². The lowest BCUT2D eigenvalue weighted by molar-refractivity contribution is 0.198. The Labute approximate surface area is 174 Å². The minimum absolute atomic E-state index is 0.192. The molecule has 7 heteroatoms. The lowest BCUT2D eigenvalue weighted by Gasteiger charge is -2.33. The Morgan fingerprint density at radius 1 is 1.14 bits per heavy atom. The number of hydrogen-bond acceptors (Lipinski definition) is 3. The molecule has 1 aliphatic heterocycles. The third-order valence-electron chi connectivity index (χ3n) is 5.06. The van der Waals surface area contributed by atoms with Gasteiger partial charge in [-0.25, -0.2) is 4.39 Å². The molecule has 0 amide bonds. The molecule has 29 heavy (non-hydrogen) atoms. The first-order valence-corrected chi connectivity index (χ1v) is 11.3. The molecule has 2 aromatic rings. The quantitative estimate of drug-likeness (QED) is 0.538. The van der Waals surface area contributed by atoms with Crippen LogP contribution in [0.25, 0.3) is 0 Å². The van der Waals surface area contributed by atoms with Crippen molar-refractivity contribution in [2.24, 2.45) is 4.99 Å². The van der Waals surface area contributed by atoms with Gasteiger partial charge in [0.1, 0.15) is 5.82 Å². The average molecular weight is 417 g/mol. The van der Waals surface area contributed by atoms with Gasteiger partial charge in [-0.1, -0.05) is 30.3 Å². The van der Waals surface area contributed by atoms with E-state index < -0.39 is 10.8 Å². The van der Waals surface area contributed by atoms with E-state index in [-0.39, 0.29) is 5.82 Å². The maximum Gasteiger partial charge on any atom is 0.191 e. The molecule has 5 nitrogen and oxygen atoms in total. The van der Waals surface area contributed by atoms with E-state index in [9.17, 15) is 8.60 Å². The van der Waals surface area contributed by atoms with E-state index in [1.165, 1.54) is 12.1 Å². The van der Waals surface area contributed by atoms with Crippen LogP contribution in [0, 0.1) is 5.82 Å². The van der Waals surface area contributed by atoms with Gasteiger partial charge in [0.2, 0.25) is 0 Å². The predicted octanol–water partition coefficient (Wildman–Crippen LogP) is 2.76. The fourth-order valence-corrected chi connectivity index (χ4v) is 4.41. The molecule has 0 radical (unpaired) electrons. The zero-order chi connectivity index (χ0) is 20.5. The lowest BCUT2D eigenvalue weighted by Crippen LogP contribution is -2.49. The van der Waals surface area contributed by atoms with Gasteiger partial charge >= 0.3 is 0 Å². The van der Waals surface area contributed by atoms with Crippen molar-refractivity contribution in [3.8, 4) is 0 Å². The number of rotatable bonds is 7. The molecule has 1 saturated heterocycles. The molecule has 1 atom stereocenters. The first-order valence-electron chi connectivity index (χ1n) is 10.0. The second kappa shape index (κ2) is 11.1. The SMILES string of the molecule is CN=C(NCCS(=O)c1ccccc1)NC1CCN(Cc2ccc(F)cc2)CC1. The highest BCUT2D eigenvalue weighted by Gasteiger charge is 2.20. The van der Waals surface area contributed by atoms with Gasteiger partial charge in [-0.3, -0.25) is 14.1 Å². The molecule has 0 aliphatic carbocycles. The highest BCUT2D eigenvalue weighted by atomic mass is 32.2. The standard InChI is InChI=1S/C22H29FN4OS/c1-24-22(25-13-16-29(28)21-5-3-2-4-6-21)26-20-11-14-27(15-12-20)17-18-7-9-19(23)10-8-18/h2-10,20H,11-17H2,1H3,(H2,24,25,26). The molecule has 1 aliphatic rings. The van der Waals surface area contributed by atoms with Gasteiger partial charge in [-0.15, -0.1) is 0 Å². The fraction of sp³-hybridized carbons (Fsp3) is 0.409. The number of guanidine groups is 1. The van der Waals surface area contributed by atoms with E-state index >= 15 is 0 Å². The summed E-state index contributed by atoms with van der Waals surface area (Å²) in [5.41, 5.74) is 1.14. The topological polar surface area (TPSA) is 56.7 Å². The Morgan fingerprint density at radius 2 is 1.83 bits per heavy atom. The zero-order valence-electron chi connectivity index (χ0n) is 16.8. The van der Waals surface area contributed by atoms with E-state index in [0.717, 1.165) is 48.9 Å². The van der Waals surface area contributed by atoms with E-state index in [0.29, 0.717) is 18.3 Å². The third-order valence-corrected chi connectivity index (χ3v) is 6.43. The van der Waals surface area contributed by atoms with Crippen molar-refractivity contribution in [1.82, 2.24) is 15.5 Å². The monoisotopic (exact) mass is 416 g/mol. The molecule has 3 rings (SSSR count). The molecule has 2 aromatic carbocycles. The van der Waals surface area contributed by atoms with Gasteiger partial charge in [-0.2, -0.15) is 0 Å². The van der Waals surface area contributed by atoms with Crippen LogP contribution in [0.1, 0.15) is 18.4 Å². The number of nitrogens with one attached hydrogen (secondary N) is 2. The van der Waals surface area contributed by atoms with Crippen molar-refractivity contribution >= 4 is 16.8 Å². The van der Waals surface area contributed by atoms with E-state index in [2.05, 4.69) is 20.5 Å². The van der Waals surface area contributed by atoms with E-state index in [4.69, 9.17) is 0 Å². The molecule has 1 fully saturated rings.